The highest BCUT2D eigenvalue weighted by atomic mass is 19.4. The number of hydrogen-bond acceptors (Lipinski definition) is 5. The quantitative estimate of drug-likeness (QED) is 0.850. The Balaban J connectivity index is 2.53. The Bertz CT molecular complexity index is 350. The van der Waals surface area contributed by atoms with Crippen molar-refractivity contribution in [1.29, 1.82) is 0 Å². The van der Waals surface area contributed by atoms with Crippen LogP contribution in [-0.2, 0) is 6.42 Å². The second-order valence-electron chi connectivity index (χ2n) is 4.03. The summed E-state index contributed by atoms with van der Waals surface area (Å²) in [5.41, 5.74) is 5.74. The normalized spacial score (nSPS) is 14.3. The maximum atomic E-state index is 12.0. The molecule has 1 aromatic heterocycles. The van der Waals surface area contributed by atoms with E-state index in [1.54, 1.807) is 0 Å². The minimum absolute atomic E-state index is 0.0356. The summed E-state index contributed by atoms with van der Waals surface area (Å²) >= 11 is 0. The number of nitrogens with zero attached hydrogens (tertiary/aromatic N) is 3. The van der Waals surface area contributed by atoms with Crippen LogP contribution < -0.4 is 5.73 Å². The number of halogens is 3. The summed E-state index contributed by atoms with van der Waals surface area (Å²) < 4.78 is 40.6. The van der Waals surface area contributed by atoms with Crippen molar-refractivity contribution in [2.24, 2.45) is 5.73 Å². The molecule has 1 aromatic rings. The van der Waals surface area contributed by atoms with E-state index in [1.165, 1.54) is 0 Å². The van der Waals surface area contributed by atoms with Crippen LogP contribution in [0.2, 0.25) is 0 Å². The lowest BCUT2D eigenvalue weighted by molar-refractivity contribution is -0.134. The first kappa shape index (κ1) is 13.9. The molecule has 1 atom stereocenters. The molecular weight excluding hydrogens is 237 g/mol. The van der Waals surface area contributed by atoms with Crippen molar-refractivity contribution in [3.8, 4) is 0 Å². The lowest BCUT2D eigenvalue weighted by atomic mass is 10.3. The SMILES string of the molecule is CN(C)CC(N)c1noc(CCC(F)(F)F)n1. The molecule has 0 radical (unpaired) electrons. The van der Waals surface area contributed by atoms with E-state index in [2.05, 4.69) is 10.1 Å². The van der Waals surface area contributed by atoms with Crippen LogP contribution in [0.5, 0.6) is 0 Å². The van der Waals surface area contributed by atoms with Crippen molar-refractivity contribution in [3.05, 3.63) is 11.7 Å². The Hall–Kier alpha value is -1.15. The van der Waals surface area contributed by atoms with E-state index >= 15 is 0 Å². The molecule has 0 amide bonds. The third kappa shape index (κ3) is 5.14. The van der Waals surface area contributed by atoms with Gasteiger partial charge in [-0.3, -0.25) is 0 Å². The second-order valence-corrected chi connectivity index (χ2v) is 4.03. The Labute approximate surface area is 96.8 Å². The first-order valence-corrected chi connectivity index (χ1v) is 5.07. The second kappa shape index (κ2) is 5.46. The van der Waals surface area contributed by atoms with Gasteiger partial charge in [0.25, 0.3) is 0 Å². The topological polar surface area (TPSA) is 68.2 Å². The maximum Gasteiger partial charge on any atom is 0.389 e. The van der Waals surface area contributed by atoms with Gasteiger partial charge in [-0.25, -0.2) is 0 Å². The number of aryl methyl sites for hydroxylation is 1. The number of hydrogen-bond donors (Lipinski definition) is 1. The summed E-state index contributed by atoms with van der Waals surface area (Å²) in [7, 11) is 3.65. The fraction of sp³-hybridized carbons (Fsp3) is 0.778. The lowest BCUT2D eigenvalue weighted by Crippen LogP contribution is -2.26. The van der Waals surface area contributed by atoms with Gasteiger partial charge in [0, 0.05) is 13.0 Å². The first-order valence-electron chi connectivity index (χ1n) is 5.07. The van der Waals surface area contributed by atoms with Gasteiger partial charge in [-0.2, -0.15) is 18.2 Å². The number of rotatable bonds is 5. The van der Waals surface area contributed by atoms with Crippen molar-refractivity contribution in [2.45, 2.75) is 25.1 Å². The molecule has 8 heteroatoms. The molecule has 0 saturated heterocycles. The summed E-state index contributed by atoms with van der Waals surface area (Å²) in [6.07, 6.45) is -5.51. The monoisotopic (exact) mass is 252 g/mol. The summed E-state index contributed by atoms with van der Waals surface area (Å²) in [5.74, 6) is 0.197. The number of likely N-dealkylation sites (N-methyl/N-ethyl adjacent to an activating group) is 1. The average molecular weight is 252 g/mol. The summed E-state index contributed by atoms with van der Waals surface area (Å²) in [6.45, 7) is 0.498. The van der Waals surface area contributed by atoms with E-state index < -0.39 is 18.6 Å². The molecule has 0 saturated carbocycles. The molecule has 17 heavy (non-hydrogen) atoms. The van der Waals surface area contributed by atoms with Gasteiger partial charge in [-0.05, 0) is 14.1 Å². The van der Waals surface area contributed by atoms with Gasteiger partial charge in [-0.15, -0.1) is 0 Å². The molecule has 1 rings (SSSR count). The van der Waals surface area contributed by atoms with Crippen LogP contribution in [0.25, 0.3) is 0 Å². The highest BCUT2D eigenvalue weighted by Gasteiger charge is 2.28. The van der Waals surface area contributed by atoms with E-state index in [0.717, 1.165) is 0 Å². The molecule has 1 heterocycles. The van der Waals surface area contributed by atoms with Gasteiger partial charge in [0.05, 0.1) is 12.5 Å². The van der Waals surface area contributed by atoms with E-state index in [4.69, 9.17) is 10.3 Å². The predicted octanol–water partition coefficient (Wildman–Crippen LogP) is 1.13. The van der Waals surface area contributed by atoms with Gasteiger partial charge in [0.2, 0.25) is 5.89 Å². The fourth-order valence-electron chi connectivity index (χ4n) is 1.24. The van der Waals surface area contributed by atoms with Gasteiger partial charge in [0.15, 0.2) is 5.82 Å². The molecule has 2 N–H and O–H groups in total. The van der Waals surface area contributed by atoms with E-state index in [1.807, 2.05) is 19.0 Å². The summed E-state index contributed by atoms with van der Waals surface area (Å²) in [4.78, 5) is 5.67. The van der Waals surface area contributed by atoms with Crippen LogP contribution in [0.3, 0.4) is 0 Å². The molecule has 5 nitrogen and oxygen atoms in total. The molecule has 0 aliphatic heterocycles. The van der Waals surface area contributed by atoms with Crippen LogP contribution in [-0.4, -0.2) is 41.9 Å². The third-order valence-corrected chi connectivity index (χ3v) is 2.00. The van der Waals surface area contributed by atoms with Gasteiger partial charge in [0.1, 0.15) is 0 Å². The van der Waals surface area contributed by atoms with Crippen LogP contribution in [0, 0.1) is 0 Å². The summed E-state index contributed by atoms with van der Waals surface area (Å²) in [5, 5.41) is 3.56. The molecule has 98 valence electrons. The Morgan fingerprint density at radius 1 is 1.41 bits per heavy atom. The molecule has 1 unspecified atom stereocenters. The molecule has 0 aliphatic rings. The average Bonchev–Trinajstić information content (AvgIpc) is 2.60. The Kier molecular flexibility index (Phi) is 4.47. The third-order valence-electron chi connectivity index (χ3n) is 2.00. The van der Waals surface area contributed by atoms with Crippen molar-refractivity contribution in [1.82, 2.24) is 15.0 Å². The zero-order chi connectivity index (χ0) is 13.1. The van der Waals surface area contributed by atoms with Gasteiger partial charge >= 0.3 is 6.18 Å². The van der Waals surface area contributed by atoms with Crippen molar-refractivity contribution < 1.29 is 17.7 Å². The number of alkyl halides is 3. The summed E-state index contributed by atoms with van der Waals surface area (Å²) in [6, 6.07) is -0.464. The number of aromatic nitrogens is 2. The smallest absolute Gasteiger partial charge is 0.339 e. The zero-order valence-corrected chi connectivity index (χ0v) is 9.66. The van der Waals surface area contributed by atoms with E-state index in [-0.39, 0.29) is 18.1 Å². The van der Waals surface area contributed by atoms with Crippen LogP contribution in [0.1, 0.15) is 24.2 Å². The van der Waals surface area contributed by atoms with Crippen LogP contribution in [0.15, 0.2) is 4.52 Å². The van der Waals surface area contributed by atoms with E-state index in [9.17, 15) is 13.2 Å². The molecule has 0 aromatic carbocycles. The maximum absolute atomic E-state index is 12.0. The number of nitrogens with two attached hydrogens (primary N) is 1. The van der Waals surface area contributed by atoms with Crippen molar-refractivity contribution in [3.63, 3.8) is 0 Å². The largest absolute Gasteiger partial charge is 0.389 e. The van der Waals surface area contributed by atoms with Crippen LogP contribution >= 0.6 is 0 Å². The first-order chi connectivity index (χ1) is 7.78. The Morgan fingerprint density at radius 2 is 2.06 bits per heavy atom. The lowest BCUT2D eigenvalue weighted by Gasteiger charge is -2.12. The van der Waals surface area contributed by atoms with Gasteiger partial charge < -0.3 is 15.2 Å². The van der Waals surface area contributed by atoms with Crippen molar-refractivity contribution in [2.75, 3.05) is 20.6 Å². The Morgan fingerprint density at radius 3 is 2.59 bits per heavy atom. The highest BCUT2D eigenvalue weighted by molar-refractivity contribution is 4.94. The minimum atomic E-state index is -4.22. The van der Waals surface area contributed by atoms with Crippen molar-refractivity contribution >= 4 is 0 Å². The molecular formula is C9H15F3N4O. The van der Waals surface area contributed by atoms with Gasteiger partial charge in [-0.1, -0.05) is 5.16 Å². The van der Waals surface area contributed by atoms with Crippen LogP contribution in [0.4, 0.5) is 13.2 Å². The van der Waals surface area contributed by atoms with E-state index in [0.29, 0.717) is 6.54 Å². The molecule has 0 aliphatic carbocycles. The molecule has 0 bridgehead atoms. The fourth-order valence-corrected chi connectivity index (χ4v) is 1.24. The minimum Gasteiger partial charge on any atom is -0.339 e. The highest BCUT2D eigenvalue weighted by Crippen LogP contribution is 2.21. The zero-order valence-electron chi connectivity index (χ0n) is 9.66. The molecule has 0 spiro atoms. The molecule has 0 fully saturated rings. The predicted molar refractivity (Wildman–Crippen MR) is 54.2 cm³/mol. The standard InChI is InChI=1S/C9H15F3N4O/c1-16(2)5-6(13)8-14-7(17-15-8)3-4-9(10,11)12/h6H,3-5,13H2,1-2H3.